The molecule has 0 spiro atoms. The van der Waals surface area contributed by atoms with Crippen molar-refractivity contribution in [3.63, 3.8) is 0 Å². The topological polar surface area (TPSA) is 104 Å². The zero-order valence-corrected chi connectivity index (χ0v) is 14.5. The Morgan fingerprint density at radius 3 is 2.04 bits per heavy atom. The van der Waals surface area contributed by atoms with Gasteiger partial charge in [-0.15, -0.1) is 0 Å². The van der Waals surface area contributed by atoms with Crippen molar-refractivity contribution in [3.05, 3.63) is 35.9 Å². The van der Waals surface area contributed by atoms with Crippen molar-refractivity contribution in [1.29, 1.82) is 0 Å². The van der Waals surface area contributed by atoms with Crippen LogP contribution in [0.5, 0.6) is 0 Å². The second-order valence-corrected chi connectivity index (χ2v) is 6.48. The van der Waals surface area contributed by atoms with Crippen LogP contribution in [0.25, 0.3) is 0 Å². The second-order valence-electron chi connectivity index (χ2n) is 6.48. The largest absolute Gasteiger partial charge is 0.394 e. The highest BCUT2D eigenvalue weighted by atomic mass is 16.4. The average molecular weight is 341 g/mol. The van der Waals surface area contributed by atoms with Crippen LogP contribution in [0.15, 0.2) is 30.3 Å². The molecule has 24 heavy (non-hydrogen) atoms. The van der Waals surface area contributed by atoms with Crippen molar-refractivity contribution >= 4 is 0 Å². The van der Waals surface area contributed by atoms with E-state index in [9.17, 15) is 20.4 Å². The lowest BCUT2D eigenvalue weighted by atomic mass is 10.0. The van der Waals surface area contributed by atoms with E-state index in [4.69, 9.17) is 5.11 Å². The molecular formula is C18H31NO5. The Balaban J connectivity index is 2.49. The fourth-order valence-electron chi connectivity index (χ4n) is 2.60. The van der Waals surface area contributed by atoms with Gasteiger partial charge in [0.1, 0.15) is 18.3 Å². The van der Waals surface area contributed by atoms with Gasteiger partial charge in [-0.25, -0.2) is 0 Å². The van der Waals surface area contributed by atoms with Crippen LogP contribution in [-0.4, -0.2) is 80.6 Å². The molecular weight excluding hydrogens is 310 g/mol. The molecule has 138 valence electrons. The first-order chi connectivity index (χ1) is 11.4. The maximum atomic E-state index is 10.1. The van der Waals surface area contributed by atoms with E-state index in [-0.39, 0.29) is 12.6 Å². The summed E-state index contributed by atoms with van der Waals surface area (Å²) < 4.78 is 0. The molecule has 6 heteroatoms. The Hall–Kier alpha value is -1.02. The van der Waals surface area contributed by atoms with Gasteiger partial charge in [-0.05, 0) is 38.8 Å². The standard InChI is InChI=1S/C18H31NO5/c1-13(2)19(10-6-9-14-7-4-3-5-8-14)11-15(21)17(23)18(24)16(22)12-20/h3-5,7-8,13,15-18,20-24H,6,9-12H2,1-2H3/t15-,16+,17+,18+/m0/s1. The maximum absolute atomic E-state index is 10.1. The van der Waals surface area contributed by atoms with Crippen molar-refractivity contribution in [2.24, 2.45) is 0 Å². The summed E-state index contributed by atoms with van der Waals surface area (Å²) in [5.41, 5.74) is 1.25. The quantitative estimate of drug-likeness (QED) is 0.381. The molecule has 0 saturated heterocycles. The van der Waals surface area contributed by atoms with Crippen LogP contribution >= 0.6 is 0 Å². The van der Waals surface area contributed by atoms with Crippen LogP contribution in [-0.2, 0) is 6.42 Å². The van der Waals surface area contributed by atoms with Crippen molar-refractivity contribution in [2.45, 2.75) is 57.1 Å². The summed E-state index contributed by atoms with van der Waals surface area (Å²) in [6.45, 7) is 4.26. The number of aryl methyl sites for hydroxylation is 1. The van der Waals surface area contributed by atoms with E-state index in [1.54, 1.807) is 0 Å². The Bertz CT molecular complexity index is 442. The van der Waals surface area contributed by atoms with Gasteiger partial charge in [0.15, 0.2) is 0 Å². The molecule has 0 saturated carbocycles. The molecule has 0 aromatic heterocycles. The van der Waals surface area contributed by atoms with Crippen LogP contribution in [0.4, 0.5) is 0 Å². The van der Waals surface area contributed by atoms with E-state index in [0.29, 0.717) is 0 Å². The summed E-state index contributed by atoms with van der Waals surface area (Å²) in [4.78, 5) is 2.02. The molecule has 0 radical (unpaired) electrons. The van der Waals surface area contributed by atoms with Crippen LogP contribution in [0.2, 0.25) is 0 Å². The molecule has 0 heterocycles. The number of aliphatic hydroxyl groups is 5. The van der Waals surface area contributed by atoms with Crippen molar-refractivity contribution in [3.8, 4) is 0 Å². The third kappa shape index (κ3) is 6.84. The SMILES string of the molecule is CC(C)N(CCCc1ccccc1)C[C@H](O)[C@@H](O)[C@H](O)[C@H](O)CO. The van der Waals surface area contributed by atoms with E-state index < -0.39 is 31.0 Å². The second kappa shape index (κ2) is 10.8. The fourth-order valence-corrected chi connectivity index (χ4v) is 2.60. The van der Waals surface area contributed by atoms with Crippen LogP contribution in [0.1, 0.15) is 25.8 Å². The van der Waals surface area contributed by atoms with Crippen LogP contribution in [0, 0.1) is 0 Å². The normalized spacial score (nSPS) is 17.0. The Morgan fingerprint density at radius 2 is 1.50 bits per heavy atom. The molecule has 0 aliphatic carbocycles. The molecule has 0 fully saturated rings. The van der Waals surface area contributed by atoms with Crippen molar-refractivity contribution in [1.82, 2.24) is 4.90 Å². The van der Waals surface area contributed by atoms with Gasteiger partial charge in [0.25, 0.3) is 0 Å². The summed E-state index contributed by atoms with van der Waals surface area (Å²) in [5, 5.41) is 47.9. The number of rotatable bonds is 11. The molecule has 0 aliphatic rings. The molecule has 4 atom stereocenters. The predicted molar refractivity (Wildman–Crippen MR) is 92.6 cm³/mol. The van der Waals surface area contributed by atoms with Gasteiger partial charge in [-0.3, -0.25) is 4.90 Å². The summed E-state index contributed by atoms with van der Waals surface area (Å²) in [5.74, 6) is 0. The lowest BCUT2D eigenvalue weighted by molar-refractivity contribution is -0.120. The molecule has 1 aromatic carbocycles. The molecule has 0 bridgehead atoms. The Labute approximate surface area is 144 Å². The van der Waals surface area contributed by atoms with Gasteiger partial charge >= 0.3 is 0 Å². The highest BCUT2D eigenvalue weighted by molar-refractivity contribution is 5.14. The van der Waals surface area contributed by atoms with Crippen LogP contribution < -0.4 is 0 Å². The summed E-state index contributed by atoms with van der Waals surface area (Å²) >= 11 is 0. The number of hydrogen-bond donors (Lipinski definition) is 5. The Morgan fingerprint density at radius 1 is 0.917 bits per heavy atom. The molecule has 6 nitrogen and oxygen atoms in total. The van der Waals surface area contributed by atoms with E-state index in [2.05, 4.69) is 12.1 Å². The molecule has 5 N–H and O–H groups in total. The zero-order chi connectivity index (χ0) is 18.1. The predicted octanol–water partition coefficient (Wildman–Crippen LogP) is -0.234. The minimum Gasteiger partial charge on any atom is -0.394 e. The minimum absolute atomic E-state index is 0.169. The number of nitrogens with zero attached hydrogens (tertiary/aromatic N) is 1. The van der Waals surface area contributed by atoms with Crippen molar-refractivity contribution < 1.29 is 25.5 Å². The van der Waals surface area contributed by atoms with Gasteiger partial charge in [0, 0.05) is 12.6 Å². The highest BCUT2D eigenvalue weighted by Gasteiger charge is 2.31. The number of hydrogen-bond acceptors (Lipinski definition) is 6. The molecule has 1 aromatic rings. The first kappa shape index (κ1) is 21.0. The monoisotopic (exact) mass is 341 g/mol. The lowest BCUT2D eigenvalue weighted by Crippen LogP contribution is -2.50. The number of benzene rings is 1. The summed E-state index contributed by atoms with van der Waals surface area (Å²) in [6, 6.07) is 10.3. The van der Waals surface area contributed by atoms with Gasteiger partial charge in [-0.2, -0.15) is 0 Å². The third-order valence-electron chi connectivity index (χ3n) is 4.23. The summed E-state index contributed by atoms with van der Waals surface area (Å²) in [6.07, 6.45) is -3.94. The molecule has 0 aliphatic heterocycles. The van der Waals surface area contributed by atoms with E-state index >= 15 is 0 Å². The molecule has 1 rings (SSSR count). The average Bonchev–Trinajstić information content (AvgIpc) is 2.59. The molecule has 0 unspecified atom stereocenters. The smallest absolute Gasteiger partial charge is 0.111 e. The third-order valence-corrected chi connectivity index (χ3v) is 4.23. The minimum atomic E-state index is -1.58. The van der Waals surface area contributed by atoms with Gasteiger partial charge in [0.2, 0.25) is 0 Å². The summed E-state index contributed by atoms with van der Waals surface area (Å²) in [7, 11) is 0. The van der Waals surface area contributed by atoms with Gasteiger partial charge in [0.05, 0.1) is 12.7 Å². The first-order valence-electron chi connectivity index (χ1n) is 8.48. The Kier molecular flexibility index (Phi) is 9.43. The van der Waals surface area contributed by atoms with E-state index in [1.165, 1.54) is 5.56 Å². The van der Waals surface area contributed by atoms with Gasteiger partial charge in [-0.1, -0.05) is 30.3 Å². The fraction of sp³-hybridized carbons (Fsp3) is 0.667. The van der Waals surface area contributed by atoms with Crippen LogP contribution in [0.3, 0.4) is 0 Å². The van der Waals surface area contributed by atoms with Crippen molar-refractivity contribution in [2.75, 3.05) is 19.7 Å². The lowest BCUT2D eigenvalue weighted by Gasteiger charge is -2.32. The highest BCUT2D eigenvalue weighted by Crippen LogP contribution is 2.11. The maximum Gasteiger partial charge on any atom is 0.111 e. The number of aliphatic hydroxyl groups excluding tert-OH is 5. The van der Waals surface area contributed by atoms with E-state index in [0.717, 1.165) is 19.4 Å². The zero-order valence-electron chi connectivity index (χ0n) is 14.5. The molecule has 0 amide bonds. The van der Waals surface area contributed by atoms with Gasteiger partial charge < -0.3 is 25.5 Å². The van der Waals surface area contributed by atoms with E-state index in [1.807, 2.05) is 36.9 Å². The first-order valence-corrected chi connectivity index (χ1v) is 8.48.